The Morgan fingerprint density at radius 1 is 0.339 bits per heavy atom. The maximum atomic E-state index is 9.87. The average molecular weight is 976 g/mol. The summed E-state index contributed by atoms with van der Waals surface area (Å²) in [7, 11) is -21.3. The molecule has 0 radical (unpaired) electrons. The molecule has 0 atom stereocenters. The Kier molecular flexibility index (Phi) is 16.2. The summed E-state index contributed by atoms with van der Waals surface area (Å²) >= 11 is 0. The zero-order valence-electron chi connectivity index (χ0n) is 31.6. The molecule has 6 rings (SSSR count). The second kappa shape index (κ2) is 18.3. The Morgan fingerprint density at radius 3 is 0.712 bits per heavy atom. The molecule has 0 saturated carbocycles. The molecular formula is C34H36F12N10P2Ru. The quantitative estimate of drug-likeness (QED) is 0.0960. The number of pyridine rings is 2. The first-order valence-electron chi connectivity index (χ1n) is 16.1. The van der Waals surface area contributed by atoms with Gasteiger partial charge < -0.3 is 0 Å². The molecule has 0 aliphatic heterocycles. The third kappa shape index (κ3) is 27.6. The Morgan fingerprint density at radius 2 is 0.542 bits per heavy atom. The van der Waals surface area contributed by atoms with Crippen LogP contribution in [0.4, 0.5) is 50.4 Å². The van der Waals surface area contributed by atoms with Crippen LogP contribution in [0.5, 0.6) is 0 Å². The minimum atomic E-state index is -10.7. The second-order valence-electron chi connectivity index (χ2n) is 13.6. The summed E-state index contributed by atoms with van der Waals surface area (Å²) in [6.45, 7) is 13.3. The average Bonchev–Trinajstić information content (AvgIpc) is 3.10. The van der Waals surface area contributed by atoms with E-state index in [1.807, 2.05) is 12.4 Å². The van der Waals surface area contributed by atoms with Gasteiger partial charge in [0.15, 0.2) is 0 Å². The van der Waals surface area contributed by atoms with Crippen molar-refractivity contribution in [2.75, 3.05) is 0 Å². The first-order valence-corrected chi connectivity index (χ1v) is 20.2. The van der Waals surface area contributed by atoms with E-state index in [1.54, 1.807) is 74.4 Å². The molecule has 0 fully saturated rings. The maximum absolute atomic E-state index is 10.7. The maximum Gasteiger partial charge on any atom is 2.00 e. The molecule has 0 aliphatic carbocycles. The SMILES string of the molecule is CC(C)(C)c1ccnc(-c2cc(C(C)(C)C)ccn2)c1.F[P-](F)(F)(F)(F)F.F[P-](F)(F)(F)(F)F.[Ru+2].c1cnc(-c2cnccn2)cn1.c1cnc(-c2cnccn2)cn1. The van der Waals surface area contributed by atoms with Crippen molar-refractivity contribution in [2.45, 2.75) is 52.4 Å². The Labute approximate surface area is 343 Å². The van der Waals surface area contributed by atoms with Gasteiger partial charge in [-0.1, -0.05) is 41.5 Å². The van der Waals surface area contributed by atoms with E-state index in [0.717, 1.165) is 34.2 Å². The van der Waals surface area contributed by atoms with Crippen LogP contribution >= 0.6 is 15.6 Å². The van der Waals surface area contributed by atoms with Crippen molar-refractivity contribution >= 4 is 15.6 Å². The van der Waals surface area contributed by atoms with Crippen LogP contribution in [-0.2, 0) is 30.3 Å². The van der Waals surface area contributed by atoms with Crippen molar-refractivity contribution in [3.8, 4) is 34.2 Å². The normalized spacial score (nSPS) is 13.7. The molecule has 6 aromatic heterocycles. The smallest absolute Gasteiger partial charge is 0.261 e. The van der Waals surface area contributed by atoms with Crippen LogP contribution in [0.3, 0.4) is 0 Å². The Bertz CT molecular complexity index is 1930. The number of hydrogen-bond donors (Lipinski definition) is 0. The van der Waals surface area contributed by atoms with E-state index >= 15 is 0 Å². The van der Waals surface area contributed by atoms with Crippen LogP contribution < -0.4 is 0 Å². The molecule has 6 heterocycles. The zero-order chi connectivity index (χ0) is 44.2. The van der Waals surface area contributed by atoms with Crippen molar-refractivity contribution in [1.82, 2.24) is 49.8 Å². The van der Waals surface area contributed by atoms with Crippen LogP contribution in [0.2, 0.25) is 0 Å². The van der Waals surface area contributed by atoms with Gasteiger partial charge in [0, 0.05) is 62.0 Å². The topological polar surface area (TPSA) is 129 Å². The molecule has 6 aromatic rings. The van der Waals surface area contributed by atoms with Crippen LogP contribution in [0.15, 0.2) is 111 Å². The summed E-state index contributed by atoms with van der Waals surface area (Å²) in [5.74, 6) is 0. The molecule has 10 nitrogen and oxygen atoms in total. The van der Waals surface area contributed by atoms with Gasteiger partial charge in [0.25, 0.3) is 0 Å². The van der Waals surface area contributed by atoms with E-state index in [0.29, 0.717) is 0 Å². The fraction of sp³-hybridized carbons (Fsp3) is 0.235. The van der Waals surface area contributed by atoms with E-state index in [1.165, 1.54) is 11.1 Å². The van der Waals surface area contributed by atoms with Crippen LogP contribution in [-0.4, -0.2) is 49.8 Å². The van der Waals surface area contributed by atoms with Gasteiger partial charge >= 0.3 is 85.5 Å². The van der Waals surface area contributed by atoms with Gasteiger partial charge in [-0.15, -0.1) is 0 Å². The minimum Gasteiger partial charge on any atom is -0.261 e. The van der Waals surface area contributed by atoms with E-state index < -0.39 is 15.6 Å². The first-order chi connectivity index (χ1) is 26.0. The van der Waals surface area contributed by atoms with Gasteiger partial charge in [0.05, 0.1) is 36.2 Å². The summed E-state index contributed by atoms with van der Waals surface area (Å²) in [5, 5.41) is 0. The van der Waals surface area contributed by atoms with Gasteiger partial charge in [0.1, 0.15) is 22.8 Å². The van der Waals surface area contributed by atoms with E-state index in [-0.39, 0.29) is 30.3 Å². The van der Waals surface area contributed by atoms with Crippen molar-refractivity contribution in [3.63, 3.8) is 0 Å². The largest absolute Gasteiger partial charge is 2.00 e. The Balaban J connectivity index is 0.000000390. The fourth-order valence-electron chi connectivity index (χ4n) is 3.80. The fourth-order valence-corrected chi connectivity index (χ4v) is 3.80. The monoisotopic (exact) mass is 976 g/mol. The van der Waals surface area contributed by atoms with Gasteiger partial charge in [0.2, 0.25) is 0 Å². The second-order valence-corrected chi connectivity index (χ2v) is 17.5. The van der Waals surface area contributed by atoms with Crippen LogP contribution in [0.1, 0.15) is 52.7 Å². The molecule has 324 valence electrons. The molecule has 0 bridgehead atoms. The van der Waals surface area contributed by atoms with Crippen molar-refractivity contribution in [1.29, 1.82) is 0 Å². The molecule has 0 spiro atoms. The number of nitrogens with zero attached hydrogens (tertiary/aromatic N) is 10. The summed E-state index contributed by atoms with van der Waals surface area (Å²) in [5.41, 5.74) is 7.67. The van der Waals surface area contributed by atoms with E-state index in [9.17, 15) is 50.4 Å². The van der Waals surface area contributed by atoms with Gasteiger partial charge in [-0.2, -0.15) is 0 Å². The number of rotatable bonds is 3. The molecule has 0 aromatic carbocycles. The minimum absolute atomic E-state index is 0. The number of hydrogen-bond acceptors (Lipinski definition) is 10. The molecule has 0 unspecified atom stereocenters. The molecule has 25 heteroatoms. The summed E-state index contributed by atoms with van der Waals surface area (Å²) in [6.07, 6.45) is 23.4. The molecule has 0 amide bonds. The third-order valence-electron chi connectivity index (χ3n) is 6.29. The van der Waals surface area contributed by atoms with Crippen molar-refractivity contribution < 1.29 is 69.8 Å². The van der Waals surface area contributed by atoms with E-state index in [4.69, 9.17) is 0 Å². The first kappa shape index (κ1) is 52.3. The van der Waals surface area contributed by atoms with E-state index in [2.05, 4.69) is 116 Å². The van der Waals surface area contributed by atoms with Gasteiger partial charge in [-0.05, 0) is 46.2 Å². The van der Waals surface area contributed by atoms with Gasteiger partial charge in [-0.3, -0.25) is 49.8 Å². The molecule has 0 aliphatic rings. The summed E-state index contributed by atoms with van der Waals surface area (Å²) in [6, 6.07) is 8.46. The standard InChI is InChI=1S/C18H24N2.2C8H6N4.2F6P.Ru/c1-17(2,3)13-7-9-19-15(11-13)16-12-14(8-10-20-16)18(4,5)6;2*1-3-11-7(5-9-1)8-6-10-2-4-12-8;2*1-7(2,3,4,5)6;/h7-12H,1-6H3;2*1-6H;;;/q;;;2*-1;+2. The molecule has 59 heavy (non-hydrogen) atoms. The molecule has 0 saturated heterocycles. The van der Waals surface area contributed by atoms with Crippen LogP contribution in [0, 0.1) is 0 Å². The van der Waals surface area contributed by atoms with Crippen LogP contribution in [0.25, 0.3) is 34.2 Å². The zero-order valence-corrected chi connectivity index (χ0v) is 35.2. The summed E-state index contributed by atoms with van der Waals surface area (Å²) < 4.78 is 118. The number of aromatic nitrogens is 10. The molecule has 0 N–H and O–H groups in total. The summed E-state index contributed by atoms with van der Waals surface area (Å²) in [4.78, 5) is 41.0. The predicted octanol–water partition coefficient (Wildman–Crippen LogP) is 13.4. The van der Waals surface area contributed by atoms with Crippen molar-refractivity contribution in [2.24, 2.45) is 0 Å². The Hall–Kier alpha value is -4.74. The van der Waals surface area contributed by atoms with Gasteiger partial charge in [-0.25, -0.2) is 0 Å². The number of halogens is 12. The third-order valence-corrected chi connectivity index (χ3v) is 6.29. The van der Waals surface area contributed by atoms with Crippen molar-refractivity contribution in [3.05, 3.63) is 122 Å². The predicted molar refractivity (Wildman–Crippen MR) is 198 cm³/mol. The molecular weight excluding hydrogens is 939 g/mol.